The van der Waals surface area contributed by atoms with E-state index < -0.39 is 5.54 Å². The van der Waals surface area contributed by atoms with Gasteiger partial charge in [-0.2, -0.15) is 0 Å². The van der Waals surface area contributed by atoms with Crippen molar-refractivity contribution in [3.8, 4) is 0 Å². The minimum absolute atomic E-state index is 0.0450. The number of H-pyrrole nitrogens is 1. The topological polar surface area (TPSA) is 45.2 Å². The van der Waals surface area contributed by atoms with Crippen molar-refractivity contribution >= 4 is 23.1 Å². The van der Waals surface area contributed by atoms with Gasteiger partial charge in [0.2, 0.25) is 5.56 Å². The van der Waals surface area contributed by atoms with E-state index in [0.29, 0.717) is 0 Å². The third-order valence-corrected chi connectivity index (χ3v) is 6.56. The Morgan fingerprint density at radius 3 is 2.81 bits per heavy atom. The standard InChI is InChI=1S/C28H26N2O/c1-3-24-22-16-19(2)18-28(24,25-13-14-27(31)30-26(25)17-22)29-15-7-11-21-10-6-9-20-8-4-5-12-23(20)21/h3-16,22H,17-18H2,1-2H3,(H,30,31)/t22-,28+/m0/s1. The molecule has 2 aliphatic carbocycles. The summed E-state index contributed by atoms with van der Waals surface area (Å²) in [6, 6.07) is 18.4. The normalized spacial score (nSPS) is 24.1. The zero-order valence-electron chi connectivity index (χ0n) is 17.9. The van der Waals surface area contributed by atoms with Gasteiger partial charge in [-0.1, -0.05) is 66.3 Å². The van der Waals surface area contributed by atoms with Gasteiger partial charge < -0.3 is 4.98 Å². The lowest BCUT2D eigenvalue weighted by Crippen LogP contribution is -2.40. The molecule has 0 saturated carbocycles. The maximum atomic E-state index is 12.0. The van der Waals surface area contributed by atoms with Crippen LogP contribution in [0, 0.1) is 5.92 Å². The number of aromatic amines is 1. The summed E-state index contributed by atoms with van der Waals surface area (Å²) in [5.41, 5.74) is 5.51. The molecule has 0 amide bonds. The fourth-order valence-corrected chi connectivity index (χ4v) is 5.37. The molecule has 2 aromatic carbocycles. The lowest BCUT2D eigenvalue weighted by molar-refractivity contribution is 0.413. The number of hydrogen-bond acceptors (Lipinski definition) is 2. The van der Waals surface area contributed by atoms with E-state index in [9.17, 15) is 4.79 Å². The van der Waals surface area contributed by atoms with Gasteiger partial charge in [0, 0.05) is 35.9 Å². The smallest absolute Gasteiger partial charge is 0.248 e. The lowest BCUT2D eigenvalue weighted by Gasteiger charge is -2.45. The second-order valence-corrected chi connectivity index (χ2v) is 8.53. The monoisotopic (exact) mass is 406 g/mol. The summed E-state index contributed by atoms with van der Waals surface area (Å²) in [5.74, 6) is 0.281. The SMILES string of the molecule is CC=C1[C@H]2C=C(C)C[C@]1(N=CC=Cc1cccc3ccccc13)c1ccc(=O)[nH]c1C2. The molecule has 2 atom stereocenters. The van der Waals surface area contributed by atoms with E-state index in [1.54, 1.807) is 6.07 Å². The van der Waals surface area contributed by atoms with Crippen LogP contribution in [0.4, 0.5) is 0 Å². The first-order valence-electron chi connectivity index (χ1n) is 10.9. The van der Waals surface area contributed by atoms with Gasteiger partial charge in [-0.05, 0) is 54.3 Å². The highest BCUT2D eigenvalue weighted by atomic mass is 16.1. The molecular weight excluding hydrogens is 380 g/mol. The fourth-order valence-electron chi connectivity index (χ4n) is 5.37. The number of nitrogens with one attached hydrogen (secondary N) is 1. The van der Waals surface area contributed by atoms with Crippen molar-refractivity contribution in [3.63, 3.8) is 0 Å². The molecule has 0 saturated heterocycles. The van der Waals surface area contributed by atoms with Gasteiger partial charge in [0.15, 0.2) is 0 Å². The van der Waals surface area contributed by atoms with Crippen LogP contribution in [-0.2, 0) is 12.0 Å². The van der Waals surface area contributed by atoms with Crippen LogP contribution < -0.4 is 5.56 Å². The third kappa shape index (κ3) is 3.31. The highest BCUT2D eigenvalue weighted by Gasteiger charge is 2.46. The second-order valence-electron chi connectivity index (χ2n) is 8.53. The van der Waals surface area contributed by atoms with Crippen molar-refractivity contribution in [3.05, 3.63) is 111 Å². The highest BCUT2D eigenvalue weighted by Crippen LogP contribution is 2.51. The van der Waals surface area contributed by atoms with Crippen LogP contribution in [0.1, 0.15) is 37.1 Å². The average molecular weight is 407 g/mol. The first-order valence-corrected chi connectivity index (χ1v) is 10.9. The van der Waals surface area contributed by atoms with Crippen LogP contribution in [0.2, 0.25) is 0 Å². The molecule has 3 aromatic rings. The summed E-state index contributed by atoms with van der Waals surface area (Å²) in [7, 11) is 0. The number of pyridine rings is 1. The van der Waals surface area contributed by atoms with Crippen LogP contribution in [0.5, 0.6) is 0 Å². The zero-order chi connectivity index (χ0) is 21.4. The van der Waals surface area contributed by atoms with Gasteiger partial charge in [0.25, 0.3) is 0 Å². The molecule has 3 nitrogen and oxygen atoms in total. The van der Waals surface area contributed by atoms with Crippen LogP contribution in [0.25, 0.3) is 16.8 Å². The Morgan fingerprint density at radius 2 is 1.94 bits per heavy atom. The summed E-state index contributed by atoms with van der Waals surface area (Å²) in [4.78, 5) is 20.2. The minimum atomic E-state index is -0.445. The average Bonchev–Trinajstić information content (AvgIpc) is 2.76. The molecule has 0 fully saturated rings. The van der Waals surface area contributed by atoms with Crippen LogP contribution in [0.3, 0.4) is 0 Å². The van der Waals surface area contributed by atoms with Crippen molar-refractivity contribution in [2.75, 3.05) is 0 Å². The van der Waals surface area contributed by atoms with Gasteiger partial charge in [0.05, 0.1) is 0 Å². The van der Waals surface area contributed by atoms with E-state index in [2.05, 4.69) is 79.5 Å². The van der Waals surface area contributed by atoms with Crippen molar-refractivity contribution in [1.82, 2.24) is 4.98 Å². The van der Waals surface area contributed by atoms with Crippen molar-refractivity contribution in [2.45, 2.75) is 32.2 Å². The van der Waals surface area contributed by atoms with E-state index in [0.717, 1.165) is 24.1 Å². The summed E-state index contributed by atoms with van der Waals surface area (Å²) in [6.45, 7) is 4.29. The third-order valence-electron chi connectivity index (χ3n) is 6.56. The van der Waals surface area contributed by atoms with Gasteiger partial charge in [-0.15, -0.1) is 0 Å². The quantitative estimate of drug-likeness (QED) is 0.422. The van der Waals surface area contributed by atoms with Crippen molar-refractivity contribution in [1.29, 1.82) is 0 Å². The summed E-state index contributed by atoms with van der Waals surface area (Å²) < 4.78 is 0. The van der Waals surface area contributed by atoms with E-state index >= 15 is 0 Å². The Kier molecular flexibility index (Phi) is 4.82. The van der Waals surface area contributed by atoms with E-state index in [1.807, 2.05) is 18.4 Å². The number of allylic oxidation sites excluding steroid dienone is 3. The highest BCUT2D eigenvalue weighted by molar-refractivity contribution is 5.92. The second kappa shape index (κ2) is 7.66. The molecule has 31 heavy (non-hydrogen) atoms. The molecule has 5 rings (SSSR count). The Bertz CT molecular complexity index is 1330. The molecule has 3 heteroatoms. The number of benzene rings is 2. The van der Waals surface area contributed by atoms with E-state index in [4.69, 9.17) is 4.99 Å². The maximum Gasteiger partial charge on any atom is 0.248 e. The van der Waals surface area contributed by atoms with Gasteiger partial charge in [0.1, 0.15) is 5.54 Å². The molecule has 2 bridgehead atoms. The number of aliphatic imine (C=N–C) groups is 1. The molecular formula is C28H26N2O. The maximum absolute atomic E-state index is 12.0. The minimum Gasteiger partial charge on any atom is -0.326 e. The number of fused-ring (bicyclic) bond motifs is 5. The summed E-state index contributed by atoms with van der Waals surface area (Å²) >= 11 is 0. The molecule has 1 aromatic heterocycles. The number of nitrogens with zero attached hydrogens (tertiary/aromatic N) is 1. The lowest BCUT2D eigenvalue weighted by atomic mass is 9.63. The van der Waals surface area contributed by atoms with Gasteiger partial charge >= 0.3 is 0 Å². The zero-order valence-corrected chi connectivity index (χ0v) is 17.9. The summed E-state index contributed by atoms with van der Waals surface area (Å²) in [5, 5.41) is 2.47. The first kappa shape index (κ1) is 19.5. The predicted octanol–water partition coefficient (Wildman–Crippen LogP) is 5.98. The summed E-state index contributed by atoms with van der Waals surface area (Å²) in [6.07, 6.45) is 12.3. The predicted molar refractivity (Wildman–Crippen MR) is 130 cm³/mol. The molecule has 1 N–H and O–H groups in total. The molecule has 1 heterocycles. The van der Waals surface area contributed by atoms with Crippen molar-refractivity contribution < 1.29 is 0 Å². The fraction of sp³-hybridized carbons (Fsp3) is 0.214. The van der Waals surface area contributed by atoms with Crippen LogP contribution in [-0.4, -0.2) is 11.2 Å². The Labute approximate surface area is 182 Å². The molecule has 0 radical (unpaired) electrons. The number of rotatable bonds is 3. The van der Waals surface area contributed by atoms with Crippen LogP contribution >= 0.6 is 0 Å². The van der Waals surface area contributed by atoms with Crippen LogP contribution in [0.15, 0.2) is 93.8 Å². The first-order chi connectivity index (χ1) is 15.1. The van der Waals surface area contributed by atoms with Gasteiger partial charge in [-0.25, -0.2) is 0 Å². The number of hydrogen-bond donors (Lipinski definition) is 1. The Hall–Kier alpha value is -3.46. The molecule has 0 unspecified atom stereocenters. The molecule has 154 valence electrons. The molecule has 2 aliphatic rings. The van der Waals surface area contributed by atoms with Crippen molar-refractivity contribution in [2.24, 2.45) is 10.9 Å². The number of aromatic nitrogens is 1. The van der Waals surface area contributed by atoms with E-state index in [1.165, 1.54) is 27.5 Å². The van der Waals surface area contributed by atoms with Gasteiger partial charge in [-0.3, -0.25) is 9.79 Å². The largest absolute Gasteiger partial charge is 0.326 e. The Morgan fingerprint density at radius 1 is 1.10 bits per heavy atom. The molecule has 0 spiro atoms. The Balaban J connectivity index is 1.57. The molecule has 0 aliphatic heterocycles. The van der Waals surface area contributed by atoms with E-state index in [-0.39, 0.29) is 11.5 Å².